The van der Waals surface area contributed by atoms with E-state index in [1.54, 1.807) is 12.4 Å². The van der Waals surface area contributed by atoms with Gasteiger partial charge in [0.05, 0.1) is 11.9 Å². The highest BCUT2D eigenvalue weighted by molar-refractivity contribution is 5.45. The second-order valence-corrected chi connectivity index (χ2v) is 4.70. The molecule has 2 aromatic rings. The third-order valence-corrected chi connectivity index (χ3v) is 3.10. The molecule has 0 spiro atoms. The molecule has 4 heteroatoms. The summed E-state index contributed by atoms with van der Waals surface area (Å²) in [4.78, 5) is 13.0. The Balaban J connectivity index is 1.92. The van der Waals surface area contributed by atoms with Crippen molar-refractivity contribution < 1.29 is 0 Å². The maximum atomic E-state index is 4.47. The van der Waals surface area contributed by atoms with Crippen LogP contribution in [0.2, 0.25) is 0 Å². The third kappa shape index (κ3) is 3.68. The van der Waals surface area contributed by atoms with Crippen LogP contribution >= 0.6 is 0 Å². The Bertz CT molecular complexity index is 513. The molecule has 19 heavy (non-hydrogen) atoms. The monoisotopic (exact) mass is 256 g/mol. The molecule has 0 aliphatic heterocycles. The first-order valence-corrected chi connectivity index (χ1v) is 6.43. The van der Waals surface area contributed by atoms with Gasteiger partial charge in [-0.05, 0) is 19.1 Å². The molecule has 1 heterocycles. The van der Waals surface area contributed by atoms with Crippen LogP contribution < -0.4 is 9.80 Å². The summed E-state index contributed by atoms with van der Waals surface area (Å²) < 4.78 is 0. The second-order valence-electron chi connectivity index (χ2n) is 4.70. The van der Waals surface area contributed by atoms with Gasteiger partial charge in [-0.15, -0.1) is 0 Å². The van der Waals surface area contributed by atoms with Crippen molar-refractivity contribution in [1.29, 1.82) is 0 Å². The van der Waals surface area contributed by atoms with Gasteiger partial charge in [-0.2, -0.15) is 0 Å². The zero-order chi connectivity index (χ0) is 13.7. The predicted octanol–water partition coefficient (Wildman–Crippen LogP) is 2.36. The Labute approximate surface area is 114 Å². The van der Waals surface area contributed by atoms with Crippen LogP contribution in [-0.2, 0) is 0 Å². The molecule has 4 nitrogen and oxygen atoms in total. The summed E-state index contributed by atoms with van der Waals surface area (Å²) in [5, 5.41) is 0. The van der Waals surface area contributed by atoms with Crippen molar-refractivity contribution in [2.75, 3.05) is 37.0 Å². The SMILES string of the molecule is Cc1cncc(N(C)CCN(C)c2ccccc2)n1. The summed E-state index contributed by atoms with van der Waals surface area (Å²) in [6.07, 6.45) is 3.57. The van der Waals surface area contributed by atoms with E-state index in [0.29, 0.717) is 0 Å². The average Bonchev–Trinajstić information content (AvgIpc) is 2.45. The molecule has 0 aliphatic rings. The lowest BCUT2D eigenvalue weighted by atomic mass is 10.3. The van der Waals surface area contributed by atoms with E-state index in [9.17, 15) is 0 Å². The van der Waals surface area contributed by atoms with Crippen molar-refractivity contribution in [3.63, 3.8) is 0 Å². The van der Waals surface area contributed by atoms with Crippen LogP contribution in [0.5, 0.6) is 0 Å². The van der Waals surface area contributed by atoms with Gasteiger partial charge in [0.15, 0.2) is 0 Å². The fourth-order valence-electron chi connectivity index (χ4n) is 1.86. The van der Waals surface area contributed by atoms with Crippen LogP contribution in [0, 0.1) is 6.92 Å². The van der Waals surface area contributed by atoms with Gasteiger partial charge in [0.25, 0.3) is 0 Å². The molecule has 1 aromatic heterocycles. The summed E-state index contributed by atoms with van der Waals surface area (Å²) in [5.74, 6) is 0.918. The molecule has 100 valence electrons. The first-order valence-electron chi connectivity index (χ1n) is 6.43. The van der Waals surface area contributed by atoms with Crippen molar-refractivity contribution in [2.24, 2.45) is 0 Å². The lowest BCUT2D eigenvalue weighted by Crippen LogP contribution is -2.31. The van der Waals surface area contributed by atoms with E-state index in [1.807, 2.05) is 20.0 Å². The summed E-state index contributed by atoms with van der Waals surface area (Å²) in [6, 6.07) is 10.4. The van der Waals surface area contributed by atoms with Gasteiger partial charge in [0.1, 0.15) is 5.82 Å². The zero-order valence-electron chi connectivity index (χ0n) is 11.7. The smallest absolute Gasteiger partial charge is 0.147 e. The Morgan fingerprint density at radius 1 is 0.947 bits per heavy atom. The van der Waals surface area contributed by atoms with E-state index >= 15 is 0 Å². The van der Waals surface area contributed by atoms with Crippen molar-refractivity contribution in [3.05, 3.63) is 48.4 Å². The van der Waals surface area contributed by atoms with Gasteiger partial charge in [-0.1, -0.05) is 18.2 Å². The maximum absolute atomic E-state index is 4.47. The Kier molecular flexibility index (Phi) is 4.34. The fraction of sp³-hybridized carbons (Fsp3) is 0.333. The molecule has 0 unspecified atom stereocenters. The number of likely N-dealkylation sites (N-methyl/N-ethyl adjacent to an activating group) is 2. The number of hydrogen-bond acceptors (Lipinski definition) is 4. The molecule has 0 aliphatic carbocycles. The van der Waals surface area contributed by atoms with Crippen LogP contribution in [0.15, 0.2) is 42.7 Å². The number of aryl methyl sites for hydroxylation is 1. The highest BCUT2D eigenvalue weighted by Gasteiger charge is 2.05. The van der Waals surface area contributed by atoms with E-state index in [0.717, 1.165) is 24.6 Å². The molecule has 0 amide bonds. The van der Waals surface area contributed by atoms with Crippen LogP contribution in [0.25, 0.3) is 0 Å². The minimum atomic E-state index is 0.906. The molecule has 0 N–H and O–H groups in total. The minimum Gasteiger partial charge on any atom is -0.373 e. The van der Waals surface area contributed by atoms with Gasteiger partial charge in [0, 0.05) is 39.1 Å². The molecule has 1 aromatic carbocycles. The highest BCUT2D eigenvalue weighted by Crippen LogP contribution is 2.12. The van der Waals surface area contributed by atoms with Crippen LogP contribution in [0.3, 0.4) is 0 Å². The fourth-order valence-corrected chi connectivity index (χ4v) is 1.86. The van der Waals surface area contributed by atoms with Gasteiger partial charge < -0.3 is 9.80 Å². The topological polar surface area (TPSA) is 32.3 Å². The van der Waals surface area contributed by atoms with Crippen molar-refractivity contribution in [2.45, 2.75) is 6.92 Å². The largest absolute Gasteiger partial charge is 0.373 e. The van der Waals surface area contributed by atoms with Gasteiger partial charge in [-0.25, -0.2) is 4.98 Å². The number of aromatic nitrogens is 2. The Hall–Kier alpha value is -2.10. The molecule has 2 rings (SSSR count). The molecule has 0 saturated heterocycles. The first-order chi connectivity index (χ1) is 9.16. The van der Waals surface area contributed by atoms with Gasteiger partial charge in [0.2, 0.25) is 0 Å². The quantitative estimate of drug-likeness (QED) is 0.822. The van der Waals surface area contributed by atoms with Gasteiger partial charge >= 0.3 is 0 Å². The van der Waals surface area contributed by atoms with Crippen LogP contribution in [0.1, 0.15) is 5.69 Å². The molecule has 0 bridgehead atoms. The number of hydrogen-bond donors (Lipinski definition) is 0. The average molecular weight is 256 g/mol. The number of benzene rings is 1. The summed E-state index contributed by atoms with van der Waals surface area (Å²) in [7, 11) is 4.15. The number of nitrogens with zero attached hydrogens (tertiary/aromatic N) is 4. The van der Waals surface area contributed by atoms with Crippen LogP contribution in [-0.4, -0.2) is 37.2 Å². The van der Waals surface area contributed by atoms with E-state index in [4.69, 9.17) is 0 Å². The standard InChI is InChI=1S/C15H20N4/c1-13-11-16-12-15(17-13)19(3)10-9-18(2)14-7-5-4-6-8-14/h4-8,11-12H,9-10H2,1-3H3. The minimum absolute atomic E-state index is 0.906. The van der Waals surface area contributed by atoms with Crippen molar-refractivity contribution in [3.8, 4) is 0 Å². The summed E-state index contributed by atoms with van der Waals surface area (Å²) >= 11 is 0. The highest BCUT2D eigenvalue weighted by atomic mass is 15.2. The number of rotatable bonds is 5. The van der Waals surface area contributed by atoms with Crippen LogP contribution in [0.4, 0.5) is 11.5 Å². The number of para-hydroxylation sites is 1. The van der Waals surface area contributed by atoms with Gasteiger partial charge in [-0.3, -0.25) is 4.98 Å². The molecule has 0 fully saturated rings. The molecular formula is C15H20N4. The summed E-state index contributed by atoms with van der Waals surface area (Å²) in [5.41, 5.74) is 2.17. The van der Waals surface area contributed by atoms with Crippen molar-refractivity contribution in [1.82, 2.24) is 9.97 Å². The van der Waals surface area contributed by atoms with Crippen molar-refractivity contribution >= 4 is 11.5 Å². The molecule has 0 atom stereocenters. The number of anilines is 2. The third-order valence-electron chi connectivity index (χ3n) is 3.10. The Morgan fingerprint density at radius 2 is 1.63 bits per heavy atom. The Morgan fingerprint density at radius 3 is 2.32 bits per heavy atom. The second kappa shape index (κ2) is 6.18. The normalized spacial score (nSPS) is 10.3. The first kappa shape index (κ1) is 13.3. The molecular weight excluding hydrogens is 236 g/mol. The summed E-state index contributed by atoms with van der Waals surface area (Å²) in [6.45, 7) is 3.81. The van der Waals surface area contributed by atoms with E-state index in [-0.39, 0.29) is 0 Å². The zero-order valence-corrected chi connectivity index (χ0v) is 11.7. The lowest BCUT2D eigenvalue weighted by Gasteiger charge is -2.24. The van der Waals surface area contributed by atoms with E-state index in [1.165, 1.54) is 5.69 Å². The van der Waals surface area contributed by atoms with E-state index in [2.05, 4.69) is 51.1 Å². The predicted molar refractivity (Wildman–Crippen MR) is 79.8 cm³/mol. The lowest BCUT2D eigenvalue weighted by molar-refractivity contribution is 0.817. The molecule has 0 saturated carbocycles. The van der Waals surface area contributed by atoms with E-state index < -0.39 is 0 Å². The maximum Gasteiger partial charge on any atom is 0.147 e. The molecule has 0 radical (unpaired) electrons.